The van der Waals surface area contributed by atoms with E-state index in [-0.39, 0.29) is 23.7 Å². The third-order valence-corrected chi connectivity index (χ3v) is 6.64. The van der Waals surface area contributed by atoms with E-state index in [0.29, 0.717) is 28.1 Å². The van der Waals surface area contributed by atoms with Crippen LogP contribution in [0.3, 0.4) is 0 Å². The van der Waals surface area contributed by atoms with Crippen LogP contribution in [-0.4, -0.2) is 43.7 Å². The van der Waals surface area contributed by atoms with Crippen LogP contribution in [0.2, 0.25) is 0 Å². The molecule has 3 heterocycles. The molecule has 3 saturated carbocycles. The molecule has 0 radical (unpaired) electrons. The van der Waals surface area contributed by atoms with Gasteiger partial charge in [-0.15, -0.1) is 0 Å². The lowest BCUT2D eigenvalue weighted by Crippen LogP contribution is -2.56. The second kappa shape index (κ2) is 7.64. The molecule has 8 nitrogen and oxygen atoms in total. The highest BCUT2D eigenvalue weighted by molar-refractivity contribution is 6.14. The zero-order valence-electron chi connectivity index (χ0n) is 16.7. The SMILES string of the molecule is N=C(/N=C(/N[C@H]1C2CCC(CC2)[C@@H]1C(=O)O)c1ccc[nH]1)c1c[nH]c2ncc(F)cc12. The summed E-state index contributed by atoms with van der Waals surface area (Å²) < 4.78 is 13.7. The average molecular weight is 422 g/mol. The molecule has 31 heavy (non-hydrogen) atoms. The highest BCUT2D eigenvalue weighted by atomic mass is 19.1. The van der Waals surface area contributed by atoms with Crippen LogP contribution < -0.4 is 5.32 Å². The number of rotatable bonds is 4. The van der Waals surface area contributed by atoms with Crippen LogP contribution in [0.15, 0.2) is 41.8 Å². The molecule has 0 spiro atoms. The maximum Gasteiger partial charge on any atom is 0.308 e. The molecule has 0 aliphatic heterocycles. The van der Waals surface area contributed by atoms with Crippen molar-refractivity contribution in [3.8, 4) is 0 Å². The van der Waals surface area contributed by atoms with Gasteiger partial charge in [0, 0.05) is 29.4 Å². The molecule has 0 unspecified atom stereocenters. The number of H-pyrrole nitrogens is 2. The van der Waals surface area contributed by atoms with Gasteiger partial charge in [0.2, 0.25) is 0 Å². The van der Waals surface area contributed by atoms with E-state index in [1.54, 1.807) is 12.4 Å². The number of aliphatic imine (C=N–C) groups is 1. The Morgan fingerprint density at radius 2 is 2.03 bits per heavy atom. The first-order valence-electron chi connectivity index (χ1n) is 10.4. The molecule has 160 valence electrons. The largest absolute Gasteiger partial charge is 0.481 e. The van der Waals surface area contributed by atoms with Gasteiger partial charge < -0.3 is 20.4 Å². The number of halogens is 1. The number of aromatic nitrogens is 3. The Morgan fingerprint density at radius 3 is 2.74 bits per heavy atom. The van der Waals surface area contributed by atoms with E-state index in [2.05, 4.69) is 25.3 Å². The Labute approximate surface area is 177 Å². The molecule has 0 amide bonds. The fraction of sp³-hybridized carbons (Fsp3) is 0.364. The van der Waals surface area contributed by atoms with Crippen LogP contribution in [0, 0.1) is 29.0 Å². The first-order chi connectivity index (χ1) is 15.0. The summed E-state index contributed by atoms with van der Waals surface area (Å²) >= 11 is 0. The molecule has 5 N–H and O–H groups in total. The smallest absolute Gasteiger partial charge is 0.308 e. The number of hydrogen-bond donors (Lipinski definition) is 5. The maximum absolute atomic E-state index is 13.7. The van der Waals surface area contributed by atoms with Crippen LogP contribution in [0.25, 0.3) is 11.0 Å². The van der Waals surface area contributed by atoms with Crippen molar-refractivity contribution < 1.29 is 14.3 Å². The highest BCUT2D eigenvalue weighted by Gasteiger charge is 2.47. The molecule has 6 rings (SSSR count). The summed E-state index contributed by atoms with van der Waals surface area (Å²) in [6.07, 6.45) is 8.33. The Bertz CT molecular complexity index is 1160. The van der Waals surface area contributed by atoms with Gasteiger partial charge in [-0.3, -0.25) is 10.2 Å². The van der Waals surface area contributed by atoms with Crippen molar-refractivity contribution in [2.45, 2.75) is 31.7 Å². The maximum atomic E-state index is 13.7. The Kier molecular flexibility index (Phi) is 4.80. The molecule has 3 aliphatic rings. The van der Waals surface area contributed by atoms with E-state index in [0.717, 1.165) is 31.9 Å². The van der Waals surface area contributed by atoms with Gasteiger partial charge in [0.15, 0.2) is 11.7 Å². The number of carboxylic acids is 1. The summed E-state index contributed by atoms with van der Waals surface area (Å²) in [6, 6.07) is 4.72. The normalized spacial score (nSPS) is 25.6. The fourth-order valence-electron chi connectivity index (χ4n) is 5.16. The minimum Gasteiger partial charge on any atom is -0.481 e. The summed E-state index contributed by atoms with van der Waals surface area (Å²) in [7, 11) is 0. The fourth-order valence-corrected chi connectivity index (χ4v) is 5.16. The topological polar surface area (TPSA) is 130 Å². The number of pyridine rings is 1. The van der Waals surface area contributed by atoms with Crippen LogP contribution in [-0.2, 0) is 4.79 Å². The molecule has 2 bridgehead atoms. The summed E-state index contributed by atoms with van der Waals surface area (Å²) in [5, 5.41) is 22.3. The number of nitrogens with zero attached hydrogens (tertiary/aromatic N) is 2. The van der Waals surface area contributed by atoms with Crippen LogP contribution in [0.5, 0.6) is 0 Å². The predicted molar refractivity (Wildman–Crippen MR) is 114 cm³/mol. The van der Waals surface area contributed by atoms with Crippen molar-refractivity contribution in [2.24, 2.45) is 22.7 Å². The van der Waals surface area contributed by atoms with Crippen molar-refractivity contribution in [3.05, 3.63) is 53.9 Å². The third kappa shape index (κ3) is 3.49. The van der Waals surface area contributed by atoms with Crippen LogP contribution in [0.1, 0.15) is 36.9 Å². The van der Waals surface area contributed by atoms with E-state index in [1.165, 1.54) is 6.07 Å². The Hall–Kier alpha value is -3.49. The second-order valence-electron chi connectivity index (χ2n) is 8.35. The van der Waals surface area contributed by atoms with Gasteiger partial charge in [-0.25, -0.2) is 14.4 Å². The number of aliphatic carboxylic acids is 1. The highest BCUT2D eigenvalue weighted by Crippen LogP contribution is 2.45. The quantitative estimate of drug-likeness (QED) is 0.326. The number of carbonyl (C=O) groups is 1. The summed E-state index contributed by atoms with van der Waals surface area (Å²) in [6.45, 7) is 0. The molecule has 9 heteroatoms. The Balaban J connectivity index is 1.51. The first kappa shape index (κ1) is 19.5. The number of fused-ring (bicyclic) bond motifs is 4. The van der Waals surface area contributed by atoms with Gasteiger partial charge in [0.05, 0.1) is 17.8 Å². The minimum absolute atomic E-state index is 0.0661. The van der Waals surface area contributed by atoms with Gasteiger partial charge in [-0.05, 0) is 55.7 Å². The standard InChI is InChI=1S/C22H23FN6O2/c23-13-8-14-15(10-27-20(14)26-9-13)19(24)29-21(16-2-1-7-25-16)28-18-12-5-3-11(4-6-12)17(18)22(30)31/h1-2,7-12,17-18,25H,3-6H2,(H,26,27)(H,30,31)(H2,24,28,29)/t11?,12?,17-,18-/m0/s1. The lowest BCUT2D eigenvalue weighted by Gasteiger charge is -2.47. The molecule has 3 aromatic heterocycles. The van der Waals surface area contributed by atoms with Gasteiger partial charge in [0.25, 0.3) is 0 Å². The number of aromatic amines is 2. The van der Waals surface area contributed by atoms with Crippen molar-refractivity contribution in [1.29, 1.82) is 5.41 Å². The number of amidine groups is 2. The van der Waals surface area contributed by atoms with Gasteiger partial charge in [-0.1, -0.05) is 0 Å². The lowest BCUT2D eigenvalue weighted by molar-refractivity contribution is -0.149. The first-order valence-corrected chi connectivity index (χ1v) is 10.4. The summed E-state index contributed by atoms with van der Waals surface area (Å²) in [5.74, 6) is -0.991. The van der Waals surface area contributed by atoms with E-state index >= 15 is 0 Å². The summed E-state index contributed by atoms with van der Waals surface area (Å²) in [4.78, 5) is 26.6. The van der Waals surface area contributed by atoms with E-state index in [4.69, 9.17) is 5.41 Å². The predicted octanol–water partition coefficient (Wildman–Crippen LogP) is 3.28. The van der Waals surface area contributed by atoms with Gasteiger partial charge >= 0.3 is 5.97 Å². The van der Waals surface area contributed by atoms with Crippen molar-refractivity contribution >= 4 is 28.7 Å². The molecule has 0 saturated heterocycles. The second-order valence-corrected chi connectivity index (χ2v) is 8.35. The van der Waals surface area contributed by atoms with Crippen molar-refractivity contribution in [1.82, 2.24) is 20.3 Å². The molecular weight excluding hydrogens is 399 g/mol. The molecule has 3 aromatic rings. The summed E-state index contributed by atoms with van der Waals surface area (Å²) in [5.41, 5.74) is 1.56. The average Bonchev–Trinajstić information content (AvgIpc) is 3.43. The van der Waals surface area contributed by atoms with Crippen molar-refractivity contribution in [3.63, 3.8) is 0 Å². The van der Waals surface area contributed by atoms with Gasteiger partial charge in [-0.2, -0.15) is 0 Å². The molecule has 3 aliphatic carbocycles. The zero-order valence-corrected chi connectivity index (χ0v) is 16.7. The molecular formula is C22H23FN6O2. The van der Waals surface area contributed by atoms with Crippen LogP contribution >= 0.6 is 0 Å². The van der Waals surface area contributed by atoms with E-state index < -0.39 is 17.7 Å². The third-order valence-electron chi connectivity index (χ3n) is 6.64. The van der Waals surface area contributed by atoms with Crippen molar-refractivity contribution in [2.75, 3.05) is 0 Å². The Morgan fingerprint density at radius 1 is 1.26 bits per heavy atom. The monoisotopic (exact) mass is 422 g/mol. The molecule has 2 atom stereocenters. The van der Waals surface area contributed by atoms with Gasteiger partial charge in [0.1, 0.15) is 11.5 Å². The van der Waals surface area contributed by atoms with Crippen LogP contribution in [0.4, 0.5) is 4.39 Å². The molecule has 3 fully saturated rings. The number of carboxylic acid groups (broad SMARTS) is 1. The number of nitrogens with one attached hydrogen (secondary N) is 4. The van der Waals surface area contributed by atoms with E-state index in [1.807, 2.05) is 12.1 Å². The van der Waals surface area contributed by atoms with E-state index in [9.17, 15) is 14.3 Å². The number of hydrogen-bond acceptors (Lipinski definition) is 3. The molecule has 0 aromatic carbocycles. The minimum atomic E-state index is -0.786. The lowest BCUT2D eigenvalue weighted by atomic mass is 9.61. The zero-order chi connectivity index (χ0) is 21.5.